The van der Waals surface area contributed by atoms with Crippen LogP contribution in [0.5, 0.6) is 0 Å². The van der Waals surface area contributed by atoms with Crippen molar-refractivity contribution in [3.8, 4) is 0 Å². The van der Waals surface area contributed by atoms with Crippen LogP contribution in [0.3, 0.4) is 0 Å². The SMILES string of the molecule is Cl/C=C(/Cl)CNc1cc(Cl)ccc1Cl. The van der Waals surface area contributed by atoms with E-state index in [0.29, 0.717) is 21.6 Å². The number of hydrogen-bond donors (Lipinski definition) is 1. The van der Waals surface area contributed by atoms with Crippen molar-refractivity contribution < 1.29 is 0 Å². The zero-order valence-corrected chi connectivity index (χ0v) is 10.1. The van der Waals surface area contributed by atoms with E-state index in [4.69, 9.17) is 46.4 Å². The van der Waals surface area contributed by atoms with Crippen molar-refractivity contribution in [3.05, 3.63) is 38.8 Å². The molecule has 0 aliphatic carbocycles. The van der Waals surface area contributed by atoms with Crippen molar-refractivity contribution in [2.75, 3.05) is 11.9 Å². The second-order valence-corrected chi connectivity index (χ2v) is 4.08. The summed E-state index contributed by atoms with van der Waals surface area (Å²) in [5.41, 5.74) is 2.03. The van der Waals surface area contributed by atoms with Crippen molar-refractivity contribution in [1.82, 2.24) is 0 Å². The quantitative estimate of drug-likeness (QED) is 0.838. The molecule has 76 valence electrons. The summed E-state index contributed by atoms with van der Waals surface area (Å²) in [5.74, 6) is 0. The summed E-state index contributed by atoms with van der Waals surface area (Å²) in [6.45, 7) is 0.422. The summed E-state index contributed by atoms with van der Waals surface area (Å²) in [6.07, 6.45) is 0. The molecule has 1 N–H and O–H groups in total. The fraction of sp³-hybridized carbons (Fsp3) is 0.111. The Morgan fingerprint density at radius 2 is 2.07 bits per heavy atom. The van der Waals surface area contributed by atoms with Crippen molar-refractivity contribution in [1.29, 1.82) is 0 Å². The van der Waals surface area contributed by atoms with Crippen molar-refractivity contribution in [2.45, 2.75) is 0 Å². The highest BCUT2D eigenvalue weighted by Gasteiger charge is 2.00. The minimum Gasteiger partial charge on any atom is -0.379 e. The van der Waals surface area contributed by atoms with Gasteiger partial charge in [-0.05, 0) is 18.2 Å². The maximum absolute atomic E-state index is 5.91. The average molecular weight is 271 g/mol. The van der Waals surface area contributed by atoms with Gasteiger partial charge in [0.2, 0.25) is 0 Å². The highest BCUT2D eigenvalue weighted by Crippen LogP contribution is 2.25. The summed E-state index contributed by atoms with van der Waals surface area (Å²) in [5, 5.41) is 4.71. The molecule has 0 radical (unpaired) electrons. The van der Waals surface area contributed by atoms with Gasteiger partial charge < -0.3 is 5.32 Å². The molecule has 14 heavy (non-hydrogen) atoms. The Morgan fingerprint density at radius 1 is 1.36 bits per heavy atom. The summed E-state index contributed by atoms with van der Waals surface area (Å²) >= 11 is 22.8. The lowest BCUT2D eigenvalue weighted by Crippen LogP contribution is -2.01. The number of hydrogen-bond acceptors (Lipinski definition) is 1. The van der Waals surface area contributed by atoms with Gasteiger partial charge in [-0.1, -0.05) is 46.4 Å². The second-order valence-electron chi connectivity index (χ2n) is 2.53. The predicted octanol–water partition coefficient (Wildman–Crippen LogP) is 4.72. The number of rotatable bonds is 3. The molecule has 1 nitrogen and oxygen atoms in total. The van der Waals surface area contributed by atoms with E-state index in [9.17, 15) is 0 Å². The Kier molecular flexibility index (Phi) is 4.90. The molecular formula is C9H7Cl4N. The molecule has 0 saturated carbocycles. The van der Waals surface area contributed by atoms with E-state index in [2.05, 4.69) is 5.32 Å². The molecule has 5 heteroatoms. The number of anilines is 1. The molecule has 0 heterocycles. The maximum Gasteiger partial charge on any atom is 0.0638 e. The minimum absolute atomic E-state index is 0.422. The standard InChI is InChI=1S/C9H7Cl4N/c10-4-7(12)5-14-9-3-6(11)1-2-8(9)13/h1-4,14H,5H2/b7-4+. The maximum atomic E-state index is 5.91. The Hall–Kier alpha value is -0.0800. The van der Waals surface area contributed by atoms with Crippen LogP contribution in [-0.2, 0) is 0 Å². The summed E-state index contributed by atoms with van der Waals surface area (Å²) in [6, 6.07) is 5.15. The number of halogens is 4. The molecule has 0 aliphatic rings. The smallest absolute Gasteiger partial charge is 0.0638 e. The van der Waals surface area contributed by atoms with Gasteiger partial charge >= 0.3 is 0 Å². The lowest BCUT2D eigenvalue weighted by atomic mass is 10.3. The first-order chi connectivity index (χ1) is 6.63. The van der Waals surface area contributed by atoms with Crippen LogP contribution in [0.2, 0.25) is 10.0 Å². The molecular weight excluding hydrogens is 264 g/mol. The third kappa shape index (κ3) is 3.58. The van der Waals surface area contributed by atoms with E-state index >= 15 is 0 Å². The van der Waals surface area contributed by atoms with Gasteiger partial charge in [-0.15, -0.1) is 0 Å². The normalized spacial score (nSPS) is 11.6. The molecule has 0 aliphatic heterocycles. The number of nitrogens with one attached hydrogen (secondary N) is 1. The van der Waals surface area contributed by atoms with Gasteiger partial charge in [0.1, 0.15) is 0 Å². The van der Waals surface area contributed by atoms with Gasteiger partial charge in [-0.25, -0.2) is 0 Å². The summed E-state index contributed by atoms with van der Waals surface area (Å²) < 4.78 is 0. The van der Waals surface area contributed by atoms with Crippen LogP contribution in [0.15, 0.2) is 28.8 Å². The van der Waals surface area contributed by atoms with Crippen LogP contribution in [0.4, 0.5) is 5.69 Å². The first-order valence-electron chi connectivity index (χ1n) is 3.77. The second kappa shape index (κ2) is 5.72. The van der Waals surface area contributed by atoms with E-state index < -0.39 is 0 Å². The first kappa shape index (κ1) is 12.0. The van der Waals surface area contributed by atoms with Gasteiger partial charge in [0.25, 0.3) is 0 Å². The lowest BCUT2D eigenvalue weighted by Gasteiger charge is -2.07. The van der Waals surface area contributed by atoms with Crippen LogP contribution in [0, 0.1) is 0 Å². The summed E-state index contributed by atoms with van der Waals surface area (Å²) in [4.78, 5) is 0. The van der Waals surface area contributed by atoms with Gasteiger partial charge in [0, 0.05) is 15.6 Å². The third-order valence-corrected chi connectivity index (χ3v) is 2.68. The van der Waals surface area contributed by atoms with Crippen LogP contribution in [0.25, 0.3) is 0 Å². The molecule has 0 unspecified atom stereocenters. The fourth-order valence-corrected chi connectivity index (χ4v) is 1.35. The highest BCUT2D eigenvalue weighted by molar-refractivity contribution is 6.37. The zero-order valence-electron chi connectivity index (χ0n) is 7.03. The number of benzene rings is 1. The zero-order chi connectivity index (χ0) is 10.6. The van der Waals surface area contributed by atoms with Crippen LogP contribution < -0.4 is 5.32 Å². The average Bonchev–Trinajstić information content (AvgIpc) is 2.19. The van der Waals surface area contributed by atoms with Crippen molar-refractivity contribution >= 4 is 52.1 Å². The monoisotopic (exact) mass is 269 g/mol. The molecule has 0 spiro atoms. The van der Waals surface area contributed by atoms with E-state index in [1.54, 1.807) is 18.2 Å². The Labute approximate surface area is 103 Å². The van der Waals surface area contributed by atoms with Crippen LogP contribution >= 0.6 is 46.4 Å². The Morgan fingerprint density at radius 3 is 2.71 bits per heavy atom. The molecule has 0 amide bonds. The minimum atomic E-state index is 0.422. The molecule has 1 aromatic carbocycles. The Balaban J connectivity index is 2.71. The van der Waals surface area contributed by atoms with Crippen molar-refractivity contribution in [2.24, 2.45) is 0 Å². The van der Waals surface area contributed by atoms with Gasteiger partial charge in [-0.3, -0.25) is 0 Å². The Bertz CT molecular complexity index is 349. The third-order valence-electron chi connectivity index (χ3n) is 1.49. The summed E-state index contributed by atoms with van der Waals surface area (Å²) in [7, 11) is 0. The van der Waals surface area contributed by atoms with Crippen LogP contribution in [0.1, 0.15) is 0 Å². The topological polar surface area (TPSA) is 12.0 Å². The highest BCUT2D eigenvalue weighted by atomic mass is 35.5. The molecule has 1 rings (SSSR count). The molecule has 1 aromatic rings. The molecule has 0 fully saturated rings. The van der Waals surface area contributed by atoms with Crippen molar-refractivity contribution in [3.63, 3.8) is 0 Å². The van der Waals surface area contributed by atoms with Gasteiger partial charge in [-0.2, -0.15) is 0 Å². The predicted molar refractivity (Wildman–Crippen MR) is 64.7 cm³/mol. The lowest BCUT2D eigenvalue weighted by molar-refractivity contribution is 1.31. The van der Waals surface area contributed by atoms with Gasteiger partial charge in [0.15, 0.2) is 0 Å². The molecule has 0 saturated heterocycles. The molecule has 0 bridgehead atoms. The fourth-order valence-electron chi connectivity index (χ4n) is 0.851. The van der Waals surface area contributed by atoms with Crippen LogP contribution in [-0.4, -0.2) is 6.54 Å². The van der Waals surface area contributed by atoms with E-state index in [0.717, 1.165) is 5.69 Å². The van der Waals surface area contributed by atoms with E-state index in [1.165, 1.54) is 5.54 Å². The molecule has 0 atom stereocenters. The van der Waals surface area contributed by atoms with Gasteiger partial charge in [0.05, 0.1) is 17.3 Å². The first-order valence-corrected chi connectivity index (χ1v) is 5.34. The molecule has 0 aromatic heterocycles. The van der Waals surface area contributed by atoms with E-state index in [-0.39, 0.29) is 0 Å². The van der Waals surface area contributed by atoms with E-state index in [1.807, 2.05) is 0 Å². The largest absolute Gasteiger partial charge is 0.379 e.